The van der Waals surface area contributed by atoms with E-state index < -0.39 is 23.7 Å². The predicted octanol–water partition coefficient (Wildman–Crippen LogP) is 2.47. The van der Waals surface area contributed by atoms with Crippen LogP contribution in [0.25, 0.3) is 0 Å². The van der Waals surface area contributed by atoms with Crippen LogP contribution in [0.5, 0.6) is 0 Å². The van der Waals surface area contributed by atoms with Crippen molar-refractivity contribution in [2.45, 2.75) is 38.3 Å². The van der Waals surface area contributed by atoms with Gasteiger partial charge in [-0.2, -0.15) is 0 Å². The third kappa shape index (κ3) is 2.92. The van der Waals surface area contributed by atoms with Gasteiger partial charge in [0.25, 0.3) is 0 Å². The lowest BCUT2D eigenvalue weighted by Crippen LogP contribution is -2.61. The predicted molar refractivity (Wildman–Crippen MR) is 73.5 cm³/mol. The molecular formula is C15H19NO4. The Balaban J connectivity index is 2.12. The number of rotatable bonds is 2. The van der Waals surface area contributed by atoms with Gasteiger partial charge in [-0.25, -0.2) is 9.59 Å². The number of carbonyl (C=O) groups is 2. The maximum absolute atomic E-state index is 12.0. The monoisotopic (exact) mass is 277 g/mol. The van der Waals surface area contributed by atoms with Crippen LogP contribution in [0.3, 0.4) is 0 Å². The number of carbonyl (C=O) groups excluding carboxylic acids is 1. The molecule has 2 atom stereocenters. The number of ether oxygens (including phenoxy) is 1. The van der Waals surface area contributed by atoms with Crippen molar-refractivity contribution in [1.82, 2.24) is 4.90 Å². The first-order valence-electron chi connectivity index (χ1n) is 6.57. The zero-order valence-electron chi connectivity index (χ0n) is 11.9. The topological polar surface area (TPSA) is 66.8 Å². The smallest absolute Gasteiger partial charge is 0.411 e. The van der Waals surface area contributed by atoms with E-state index in [-0.39, 0.29) is 5.92 Å². The Morgan fingerprint density at radius 3 is 2.35 bits per heavy atom. The minimum absolute atomic E-state index is 0.179. The molecule has 2 rings (SSSR count). The second-order valence-electron chi connectivity index (χ2n) is 5.93. The van der Waals surface area contributed by atoms with E-state index in [4.69, 9.17) is 4.74 Å². The number of aliphatic carboxylic acids is 1. The van der Waals surface area contributed by atoms with Gasteiger partial charge >= 0.3 is 12.1 Å². The van der Waals surface area contributed by atoms with Crippen LogP contribution >= 0.6 is 0 Å². The molecule has 1 aliphatic rings. The molecule has 1 aromatic rings. The van der Waals surface area contributed by atoms with E-state index in [2.05, 4.69) is 0 Å². The standard InChI is InChI=1S/C15H19NO4/c1-15(2,3)20-14(19)16-9-11(12(16)13(17)18)10-7-5-4-6-8-10/h4-8,11-12H,9H2,1-3H3,(H,17,18)/t11-,12-/m0/s1. The Kier molecular flexibility index (Phi) is 3.70. The molecule has 0 unspecified atom stereocenters. The van der Waals surface area contributed by atoms with Crippen LogP contribution in [-0.2, 0) is 9.53 Å². The van der Waals surface area contributed by atoms with Crippen molar-refractivity contribution >= 4 is 12.1 Å². The summed E-state index contributed by atoms with van der Waals surface area (Å²) in [6.45, 7) is 5.65. The average molecular weight is 277 g/mol. The molecule has 1 fully saturated rings. The zero-order valence-corrected chi connectivity index (χ0v) is 11.9. The number of hydrogen-bond donors (Lipinski definition) is 1. The van der Waals surface area contributed by atoms with Gasteiger partial charge in [-0.05, 0) is 26.3 Å². The maximum atomic E-state index is 12.0. The molecule has 0 saturated carbocycles. The van der Waals surface area contributed by atoms with Crippen LogP contribution in [-0.4, -0.2) is 40.3 Å². The SMILES string of the molecule is CC(C)(C)OC(=O)N1C[C@@H](c2ccccc2)[C@H]1C(=O)O. The molecule has 0 radical (unpaired) electrons. The minimum Gasteiger partial charge on any atom is -0.480 e. The van der Waals surface area contributed by atoms with Crippen LogP contribution in [0, 0.1) is 0 Å². The van der Waals surface area contributed by atoms with E-state index in [0.717, 1.165) is 5.56 Å². The highest BCUT2D eigenvalue weighted by molar-refractivity contribution is 5.83. The molecular weight excluding hydrogens is 258 g/mol. The average Bonchev–Trinajstić information content (AvgIpc) is 2.25. The Hall–Kier alpha value is -2.04. The largest absolute Gasteiger partial charge is 0.480 e. The van der Waals surface area contributed by atoms with Gasteiger partial charge in [0, 0.05) is 12.5 Å². The highest BCUT2D eigenvalue weighted by Crippen LogP contribution is 2.35. The van der Waals surface area contributed by atoms with E-state index in [0.29, 0.717) is 6.54 Å². The minimum atomic E-state index is -1.00. The van der Waals surface area contributed by atoms with Crippen molar-refractivity contribution in [2.75, 3.05) is 6.54 Å². The molecule has 0 aromatic heterocycles. The number of nitrogens with zero attached hydrogens (tertiary/aromatic N) is 1. The molecule has 1 amide bonds. The van der Waals surface area contributed by atoms with Crippen molar-refractivity contribution in [1.29, 1.82) is 0 Å². The Morgan fingerprint density at radius 1 is 1.25 bits per heavy atom. The quantitative estimate of drug-likeness (QED) is 0.901. The summed E-state index contributed by atoms with van der Waals surface area (Å²) in [5, 5.41) is 9.33. The molecule has 1 saturated heterocycles. The molecule has 0 bridgehead atoms. The van der Waals surface area contributed by atoms with Gasteiger partial charge in [0.1, 0.15) is 11.6 Å². The number of carboxylic acid groups (broad SMARTS) is 1. The van der Waals surface area contributed by atoms with Crippen molar-refractivity contribution < 1.29 is 19.4 Å². The fourth-order valence-corrected chi connectivity index (χ4v) is 2.31. The van der Waals surface area contributed by atoms with Crippen LogP contribution < -0.4 is 0 Å². The summed E-state index contributed by atoms with van der Waals surface area (Å²) in [6, 6.07) is 8.52. The molecule has 1 aromatic carbocycles. The lowest BCUT2D eigenvalue weighted by Gasteiger charge is -2.45. The fourth-order valence-electron chi connectivity index (χ4n) is 2.31. The third-order valence-electron chi connectivity index (χ3n) is 3.22. The number of likely N-dealkylation sites (tertiary alicyclic amines) is 1. The van der Waals surface area contributed by atoms with E-state index >= 15 is 0 Å². The van der Waals surface area contributed by atoms with Gasteiger partial charge in [0.05, 0.1) is 0 Å². The van der Waals surface area contributed by atoms with Gasteiger partial charge < -0.3 is 9.84 Å². The lowest BCUT2D eigenvalue weighted by atomic mass is 9.83. The van der Waals surface area contributed by atoms with Gasteiger partial charge in [-0.15, -0.1) is 0 Å². The Morgan fingerprint density at radius 2 is 1.85 bits per heavy atom. The highest BCUT2D eigenvalue weighted by atomic mass is 16.6. The summed E-state index contributed by atoms with van der Waals surface area (Å²) < 4.78 is 5.23. The molecule has 5 heteroatoms. The first-order valence-corrected chi connectivity index (χ1v) is 6.57. The summed E-state index contributed by atoms with van der Waals surface area (Å²) in [5.41, 5.74) is 0.303. The Labute approximate surface area is 118 Å². The first kappa shape index (κ1) is 14.4. The molecule has 1 N–H and O–H groups in total. The number of carboxylic acids is 1. The number of benzene rings is 1. The van der Waals surface area contributed by atoms with Crippen LogP contribution in [0.4, 0.5) is 4.79 Å². The van der Waals surface area contributed by atoms with Crippen molar-refractivity contribution in [3.8, 4) is 0 Å². The Bertz CT molecular complexity index is 506. The van der Waals surface area contributed by atoms with Crippen molar-refractivity contribution in [2.24, 2.45) is 0 Å². The van der Waals surface area contributed by atoms with E-state index in [9.17, 15) is 14.7 Å². The first-order chi connectivity index (χ1) is 9.29. The molecule has 1 aliphatic heterocycles. The van der Waals surface area contributed by atoms with Gasteiger partial charge in [0.2, 0.25) is 0 Å². The van der Waals surface area contributed by atoms with Gasteiger partial charge in [0.15, 0.2) is 0 Å². The molecule has 108 valence electrons. The summed E-state index contributed by atoms with van der Waals surface area (Å²) in [7, 11) is 0. The highest BCUT2D eigenvalue weighted by Gasteiger charge is 2.48. The second kappa shape index (κ2) is 5.15. The zero-order chi connectivity index (χ0) is 14.9. The summed E-state index contributed by atoms with van der Waals surface area (Å²) in [4.78, 5) is 24.6. The van der Waals surface area contributed by atoms with Crippen LogP contribution in [0.2, 0.25) is 0 Å². The summed E-state index contributed by atoms with van der Waals surface area (Å²) in [5.74, 6) is -1.18. The second-order valence-corrected chi connectivity index (χ2v) is 5.93. The number of amides is 1. The third-order valence-corrected chi connectivity index (χ3v) is 3.22. The van der Waals surface area contributed by atoms with E-state index in [1.807, 2.05) is 30.3 Å². The summed E-state index contributed by atoms with van der Waals surface area (Å²) in [6.07, 6.45) is -0.572. The normalized spacial score (nSPS) is 22.1. The van der Waals surface area contributed by atoms with E-state index in [1.165, 1.54) is 4.90 Å². The van der Waals surface area contributed by atoms with Gasteiger partial charge in [-0.3, -0.25) is 4.90 Å². The molecule has 0 spiro atoms. The lowest BCUT2D eigenvalue weighted by molar-refractivity contribution is -0.149. The summed E-state index contributed by atoms with van der Waals surface area (Å²) >= 11 is 0. The van der Waals surface area contributed by atoms with Crippen LogP contribution in [0.15, 0.2) is 30.3 Å². The maximum Gasteiger partial charge on any atom is 0.411 e. The molecule has 0 aliphatic carbocycles. The van der Waals surface area contributed by atoms with Gasteiger partial charge in [-0.1, -0.05) is 30.3 Å². The molecule has 20 heavy (non-hydrogen) atoms. The van der Waals surface area contributed by atoms with Crippen LogP contribution in [0.1, 0.15) is 32.3 Å². The van der Waals surface area contributed by atoms with Crippen molar-refractivity contribution in [3.05, 3.63) is 35.9 Å². The molecule has 5 nitrogen and oxygen atoms in total. The molecule has 1 heterocycles. The number of hydrogen-bond acceptors (Lipinski definition) is 3. The van der Waals surface area contributed by atoms with E-state index in [1.54, 1.807) is 20.8 Å². The fraction of sp³-hybridized carbons (Fsp3) is 0.467. The van der Waals surface area contributed by atoms with Crippen molar-refractivity contribution in [3.63, 3.8) is 0 Å².